The summed E-state index contributed by atoms with van der Waals surface area (Å²) in [5.41, 5.74) is 0.689. The van der Waals surface area contributed by atoms with Crippen LogP contribution < -0.4 is 10.6 Å². The van der Waals surface area contributed by atoms with Crippen molar-refractivity contribution < 1.29 is 4.79 Å². The lowest BCUT2D eigenvalue weighted by atomic mass is 10.1. The zero-order valence-electron chi connectivity index (χ0n) is 10.4. The Bertz CT molecular complexity index is 434. The molecule has 2 N–H and O–H groups in total. The maximum atomic E-state index is 11.8. The molecule has 0 saturated carbocycles. The summed E-state index contributed by atoms with van der Waals surface area (Å²) in [5.74, 6) is 0.0158. The maximum Gasteiger partial charge on any atom is 0.224 e. The summed E-state index contributed by atoms with van der Waals surface area (Å²) in [6.45, 7) is 1.07. The number of anilines is 1. The highest BCUT2D eigenvalue weighted by molar-refractivity contribution is 6.42. The van der Waals surface area contributed by atoms with Crippen molar-refractivity contribution in [3.05, 3.63) is 28.2 Å². The molecule has 0 spiro atoms. The molecule has 1 amide bonds. The summed E-state index contributed by atoms with van der Waals surface area (Å²) in [7, 11) is 0. The summed E-state index contributed by atoms with van der Waals surface area (Å²) in [4.78, 5) is 11.8. The molecule has 1 aromatic rings. The lowest BCUT2D eigenvalue weighted by molar-refractivity contribution is -0.116. The Morgan fingerprint density at radius 2 is 2.16 bits per heavy atom. The van der Waals surface area contributed by atoms with Crippen LogP contribution in [0.4, 0.5) is 5.69 Å². The summed E-state index contributed by atoms with van der Waals surface area (Å²) < 4.78 is 0. The van der Waals surface area contributed by atoms with Crippen LogP contribution in [-0.4, -0.2) is 18.5 Å². The molecule has 1 saturated heterocycles. The highest BCUT2D eigenvalue weighted by Crippen LogP contribution is 2.25. The van der Waals surface area contributed by atoms with Gasteiger partial charge in [0.15, 0.2) is 0 Å². The maximum absolute atomic E-state index is 11.8. The summed E-state index contributed by atoms with van der Waals surface area (Å²) in [6.07, 6.45) is 3.78. The van der Waals surface area contributed by atoms with Gasteiger partial charge in [-0.1, -0.05) is 23.2 Å². The molecule has 1 heterocycles. The van der Waals surface area contributed by atoms with Crippen LogP contribution in [-0.2, 0) is 4.79 Å². The topological polar surface area (TPSA) is 41.1 Å². The van der Waals surface area contributed by atoms with Crippen LogP contribution in [0.25, 0.3) is 0 Å². The number of halogens is 3. The highest BCUT2D eigenvalue weighted by atomic mass is 35.5. The Morgan fingerprint density at radius 3 is 2.79 bits per heavy atom. The molecule has 1 fully saturated rings. The molecule has 3 nitrogen and oxygen atoms in total. The van der Waals surface area contributed by atoms with E-state index >= 15 is 0 Å². The number of nitrogens with one attached hydrogen (secondary N) is 2. The molecule has 0 bridgehead atoms. The van der Waals surface area contributed by atoms with Gasteiger partial charge in [0.25, 0.3) is 0 Å². The molecule has 1 aliphatic heterocycles. The normalized spacial score (nSPS) is 17.9. The van der Waals surface area contributed by atoms with Crippen molar-refractivity contribution in [2.24, 2.45) is 0 Å². The molecule has 1 aromatic carbocycles. The summed E-state index contributed by atoms with van der Waals surface area (Å²) in [5, 5.41) is 7.14. The van der Waals surface area contributed by atoms with Crippen LogP contribution in [0.5, 0.6) is 0 Å². The first-order valence-electron chi connectivity index (χ1n) is 6.13. The molecule has 1 aliphatic rings. The van der Waals surface area contributed by atoms with Gasteiger partial charge in [-0.25, -0.2) is 0 Å². The average molecular weight is 324 g/mol. The Hall–Kier alpha value is -0.480. The number of benzene rings is 1. The van der Waals surface area contributed by atoms with Crippen molar-refractivity contribution in [3.8, 4) is 0 Å². The molecule has 0 radical (unpaired) electrons. The van der Waals surface area contributed by atoms with Crippen molar-refractivity contribution >= 4 is 47.2 Å². The minimum atomic E-state index is 0. The molecule has 106 valence electrons. The quantitative estimate of drug-likeness (QED) is 0.882. The number of carbonyl (C=O) groups excluding carboxylic acids is 1. The molecule has 0 aromatic heterocycles. The molecule has 0 aliphatic carbocycles. The first-order chi connectivity index (χ1) is 8.65. The van der Waals surface area contributed by atoms with E-state index in [2.05, 4.69) is 10.6 Å². The molecular weight excluding hydrogens is 307 g/mol. The van der Waals surface area contributed by atoms with Crippen LogP contribution in [0.1, 0.15) is 25.7 Å². The fourth-order valence-electron chi connectivity index (χ4n) is 2.11. The third-order valence-corrected chi connectivity index (χ3v) is 3.82. The Labute approximate surface area is 129 Å². The summed E-state index contributed by atoms with van der Waals surface area (Å²) in [6, 6.07) is 5.58. The molecular formula is C13H17Cl3N2O. The van der Waals surface area contributed by atoms with E-state index in [4.69, 9.17) is 23.2 Å². The number of hydrogen-bond acceptors (Lipinski definition) is 2. The lowest BCUT2D eigenvalue weighted by Gasteiger charge is -2.10. The van der Waals surface area contributed by atoms with Gasteiger partial charge in [0.2, 0.25) is 5.91 Å². The number of rotatable bonds is 4. The second kappa shape index (κ2) is 7.95. The van der Waals surface area contributed by atoms with Crippen LogP contribution in [0.3, 0.4) is 0 Å². The Kier molecular flexibility index (Phi) is 6.94. The van der Waals surface area contributed by atoms with E-state index in [1.807, 2.05) is 0 Å². The Morgan fingerprint density at radius 1 is 1.37 bits per heavy atom. The van der Waals surface area contributed by atoms with Gasteiger partial charge < -0.3 is 10.6 Å². The number of amides is 1. The largest absolute Gasteiger partial charge is 0.326 e. The second-order valence-corrected chi connectivity index (χ2v) is 5.32. The van der Waals surface area contributed by atoms with Crippen LogP contribution in [0.15, 0.2) is 18.2 Å². The van der Waals surface area contributed by atoms with E-state index in [9.17, 15) is 4.79 Å². The average Bonchev–Trinajstić information content (AvgIpc) is 2.84. The van der Waals surface area contributed by atoms with Gasteiger partial charge in [0.05, 0.1) is 10.0 Å². The monoisotopic (exact) mass is 322 g/mol. The van der Waals surface area contributed by atoms with Crippen LogP contribution in [0.2, 0.25) is 10.0 Å². The Balaban J connectivity index is 0.00000180. The fraction of sp³-hybridized carbons (Fsp3) is 0.462. The van der Waals surface area contributed by atoms with Crippen molar-refractivity contribution in [2.45, 2.75) is 31.7 Å². The van der Waals surface area contributed by atoms with Gasteiger partial charge in [-0.2, -0.15) is 0 Å². The molecule has 6 heteroatoms. The van der Waals surface area contributed by atoms with Crippen molar-refractivity contribution in [2.75, 3.05) is 11.9 Å². The predicted octanol–water partition coefficient (Wildman–Crippen LogP) is 3.89. The zero-order valence-corrected chi connectivity index (χ0v) is 12.7. The van der Waals surface area contributed by atoms with Crippen molar-refractivity contribution in [1.29, 1.82) is 0 Å². The number of carbonyl (C=O) groups is 1. The number of hydrogen-bond donors (Lipinski definition) is 2. The van der Waals surface area contributed by atoms with E-state index < -0.39 is 0 Å². The molecule has 1 atom stereocenters. The third-order valence-electron chi connectivity index (χ3n) is 3.09. The van der Waals surface area contributed by atoms with E-state index in [0.717, 1.165) is 13.0 Å². The predicted molar refractivity (Wildman–Crippen MR) is 82.6 cm³/mol. The summed E-state index contributed by atoms with van der Waals surface area (Å²) >= 11 is 11.7. The second-order valence-electron chi connectivity index (χ2n) is 4.51. The molecule has 19 heavy (non-hydrogen) atoms. The standard InChI is InChI=1S/C13H16Cl2N2O.ClH/c14-11-5-3-10(8-12(11)15)17-13(18)6-4-9-2-1-7-16-9;/h3,5,8-9,16H,1-2,4,6-7H2,(H,17,18);1H. The van der Waals surface area contributed by atoms with E-state index in [1.165, 1.54) is 12.8 Å². The van der Waals surface area contributed by atoms with E-state index in [-0.39, 0.29) is 18.3 Å². The third kappa shape index (κ3) is 5.19. The molecule has 1 unspecified atom stereocenters. The first-order valence-corrected chi connectivity index (χ1v) is 6.89. The van der Waals surface area contributed by atoms with Gasteiger partial charge in [0.1, 0.15) is 0 Å². The van der Waals surface area contributed by atoms with Gasteiger partial charge >= 0.3 is 0 Å². The minimum absolute atomic E-state index is 0. The molecule has 2 rings (SSSR count). The van der Waals surface area contributed by atoms with Gasteiger partial charge in [-0.3, -0.25) is 4.79 Å². The van der Waals surface area contributed by atoms with Crippen molar-refractivity contribution in [1.82, 2.24) is 5.32 Å². The van der Waals surface area contributed by atoms with Gasteiger partial charge in [-0.15, -0.1) is 12.4 Å². The SMILES string of the molecule is Cl.O=C(CCC1CCCN1)Nc1ccc(Cl)c(Cl)c1. The van der Waals surface area contributed by atoms with Gasteiger partial charge in [0, 0.05) is 18.2 Å². The van der Waals surface area contributed by atoms with Crippen LogP contribution >= 0.6 is 35.6 Å². The lowest BCUT2D eigenvalue weighted by Crippen LogP contribution is -2.23. The fourth-order valence-corrected chi connectivity index (χ4v) is 2.40. The van der Waals surface area contributed by atoms with Crippen LogP contribution in [0, 0.1) is 0 Å². The first kappa shape index (κ1) is 16.6. The van der Waals surface area contributed by atoms with Gasteiger partial charge in [-0.05, 0) is 44.0 Å². The minimum Gasteiger partial charge on any atom is -0.326 e. The van der Waals surface area contributed by atoms with E-state index in [1.54, 1.807) is 18.2 Å². The highest BCUT2D eigenvalue weighted by Gasteiger charge is 2.15. The van der Waals surface area contributed by atoms with Crippen molar-refractivity contribution in [3.63, 3.8) is 0 Å². The van der Waals surface area contributed by atoms with E-state index in [0.29, 0.717) is 28.2 Å². The zero-order chi connectivity index (χ0) is 13.0. The smallest absolute Gasteiger partial charge is 0.224 e.